The van der Waals surface area contributed by atoms with Crippen LogP contribution in [0.25, 0.3) is 0 Å². The maximum Gasteiger partial charge on any atom is 0.269 e. The van der Waals surface area contributed by atoms with Gasteiger partial charge in [-0.1, -0.05) is 73.4 Å². The van der Waals surface area contributed by atoms with Gasteiger partial charge in [-0.25, -0.2) is 4.98 Å². The summed E-state index contributed by atoms with van der Waals surface area (Å²) in [7, 11) is 3.04. The van der Waals surface area contributed by atoms with E-state index in [0.717, 1.165) is 45.4 Å². The zero-order valence-corrected chi connectivity index (χ0v) is 53.2. The number of aliphatic hydroxyl groups is 1. The smallest absolute Gasteiger partial charge is 0.269 e. The monoisotopic (exact) mass is 1220 g/mol. The van der Waals surface area contributed by atoms with E-state index in [1.807, 2.05) is 55.4 Å². The number of rotatable bonds is 24. The lowest BCUT2D eigenvalue weighted by Crippen LogP contribution is -2.57. The molecule has 3 heterocycles. The zero-order chi connectivity index (χ0) is 64.8. The number of ether oxygens (including phenoxy) is 4. The molecular weight excluding hydrogens is 1120 g/mol. The van der Waals surface area contributed by atoms with E-state index in [4.69, 9.17) is 18.9 Å². The molecule has 87 heavy (non-hydrogen) atoms. The van der Waals surface area contributed by atoms with Gasteiger partial charge in [0, 0.05) is 93.5 Å². The van der Waals surface area contributed by atoms with Crippen LogP contribution in [0, 0.1) is 17.2 Å². The first-order valence-corrected chi connectivity index (χ1v) is 30.7. The number of carbonyl (C=O) groups excluding carboxylic acids is 7. The van der Waals surface area contributed by atoms with Gasteiger partial charge >= 0.3 is 0 Å². The summed E-state index contributed by atoms with van der Waals surface area (Å²) in [6.07, 6.45) is 6.12. The van der Waals surface area contributed by atoms with E-state index in [1.54, 1.807) is 38.3 Å². The average Bonchev–Trinajstić information content (AvgIpc) is 0.825. The molecule has 2 fully saturated rings. The van der Waals surface area contributed by atoms with Gasteiger partial charge in [-0.2, -0.15) is 5.26 Å². The van der Waals surface area contributed by atoms with Crippen molar-refractivity contribution in [2.24, 2.45) is 5.92 Å². The summed E-state index contributed by atoms with van der Waals surface area (Å²) in [5.41, 5.74) is 1.52. The fourth-order valence-corrected chi connectivity index (χ4v) is 10.5. The maximum absolute atomic E-state index is 13.4. The third-order valence-corrected chi connectivity index (χ3v) is 15.3. The quantitative estimate of drug-likeness (QED) is 0.0245. The third kappa shape index (κ3) is 20.8. The molecule has 3 aromatic rings. The van der Waals surface area contributed by atoms with Crippen LogP contribution in [-0.2, 0) is 51.6 Å². The number of hydrogen-bond acceptors (Lipinski definition) is 18. The number of aromatic hydroxyl groups is 2. The maximum atomic E-state index is 13.4. The number of phenolic OH excluding ortho intramolecular Hbond substituents is 2. The summed E-state index contributed by atoms with van der Waals surface area (Å²) in [6.45, 7) is 25.6. The number of nitrogens with zero attached hydrogens (tertiary/aromatic N) is 3. The van der Waals surface area contributed by atoms with Crippen LogP contribution in [0.5, 0.6) is 17.2 Å². The number of pyridine rings is 1. The SMILES string of the molecule is CC.CC.CCCCC(C)(C)c1nc(C(=O)NCCC(=O)NCC)ccc1C#N.COC1CN(C2CCOC(C)C2O)CCO1.COc1cccc2c1C(=O)c1c(O)c3c(c(O)c1C2=O)CC(C(=O)NCCCNCCCNC(=O)C(C)NC=O)CC3. The molecule has 7 rings (SSSR count). The Hall–Kier alpha value is -7.07. The number of phenols is 2. The highest BCUT2D eigenvalue weighted by molar-refractivity contribution is 6.31. The number of carbonyl (C=O) groups is 7. The molecule has 2 aliphatic carbocycles. The highest BCUT2D eigenvalue weighted by Gasteiger charge is 2.42. The van der Waals surface area contributed by atoms with Gasteiger partial charge in [0.15, 0.2) is 12.1 Å². The standard InChI is InChI=1S/C30H36N4O8.C19H28N4O2.C11H21NO4.2C2H6/c1-16(34-15-35)29(40)32-12-4-10-31-11-5-13-33-30(41)17-8-9-18-20(14-17)27(38)23-24(25(18)36)28(39)22-19(26(23)37)6-3-7-21(22)42-2;1-5-7-11-19(3,4)17-14(13-20)8-9-15(23-17)18(25)22-12-10-16(24)21-6-2;1-8-11(13)9(3-5-15-8)12-4-6-16-10(7-12)14-2;2*1-2/h3,6-7,15-17,31,36,38H,4-5,8-14H2,1-2H3,(H,32,40)(H,33,41)(H,34,35);8-9H,5-7,10-12H2,1-4H3,(H,21,24)(H,22,25);8-11,13H,3-7H2,1-2H3;2*1-2H3. The van der Waals surface area contributed by atoms with Crippen LogP contribution in [-0.4, -0.2) is 177 Å². The van der Waals surface area contributed by atoms with E-state index < -0.39 is 29.6 Å². The molecule has 4 aliphatic rings. The Balaban J connectivity index is 0.000000371. The number of morpholine rings is 1. The predicted molar refractivity (Wildman–Crippen MR) is 330 cm³/mol. The highest BCUT2D eigenvalue weighted by Crippen LogP contribution is 2.47. The van der Waals surface area contributed by atoms with E-state index in [9.17, 15) is 54.1 Å². The van der Waals surface area contributed by atoms with Crippen molar-refractivity contribution < 1.29 is 67.8 Å². The van der Waals surface area contributed by atoms with Gasteiger partial charge in [0.2, 0.25) is 29.9 Å². The first-order chi connectivity index (χ1) is 41.8. The van der Waals surface area contributed by atoms with Crippen molar-refractivity contribution in [2.45, 2.75) is 169 Å². The molecule has 5 amide bonds. The second-order valence-electron chi connectivity index (χ2n) is 21.5. The number of ketones is 2. The van der Waals surface area contributed by atoms with Crippen LogP contribution in [0.4, 0.5) is 0 Å². The van der Waals surface area contributed by atoms with E-state index in [-0.39, 0.29) is 118 Å². The van der Waals surface area contributed by atoms with Gasteiger partial charge < -0.3 is 66.2 Å². The summed E-state index contributed by atoms with van der Waals surface area (Å²) in [5.74, 6) is -2.98. The lowest BCUT2D eigenvalue weighted by Gasteiger charge is -2.43. The van der Waals surface area contributed by atoms with Crippen molar-refractivity contribution in [1.29, 1.82) is 5.26 Å². The number of amides is 5. The van der Waals surface area contributed by atoms with E-state index >= 15 is 0 Å². The van der Waals surface area contributed by atoms with Gasteiger partial charge in [0.05, 0.1) is 53.9 Å². The second kappa shape index (κ2) is 38.3. The number of benzene rings is 2. The summed E-state index contributed by atoms with van der Waals surface area (Å²) >= 11 is 0. The van der Waals surface area contributed by atoms with Gasteiger partial charge in [-0.15, -0.1) is 0 Å². The summed E-state index contributed by atoms with van der Waals surface area (Å²) in [5, 5.41) is 58.4. The molecule has 2 saturated heterocycles. The molecule has 6 atom stereocenters. The highest BCUT2D eigenvalue weighted by atomic mass is 16.7. The molecule has 0 radical (unpaired) electrons. The van der Waals surface area contributed by atoms with Crippen molar-refractivity contribution in [3.63, 3.8) is 0 Å². The number of methoxy groups -OCH3 is 2. The normalized spacial score (nSPS) is 18.7. The molecule has 23 heteroatoms. The first kappa shape index (κ1) is 74.2. The Morgan fingerprint density at radius 2 is 1.54 bits per heavy atom. The van der Waals surface area contributed by atoms with Gasteiger partial charge in [0.25, 0.3) is 5.91 Å². The predicted octanol–water partition coefficient (Wildman–Crippen LogP) is 5.28. The Morgan fingerprint density at radius 1 is 0.862 bits per heavy atom. The topological polar surface area (TPSA) is 329 Å². The Labute approximate surface area is 513 Å². The lowest BCUT2D eigenvalue weighted by atomic mass is 9.75. The van der Waals surface area contributed by atoms with Crippen molar-refractivity contribution in [2.75, 3.05) is 79.8 Å². The number of unbranched alkanes of at least 4 members (excludes halogenated alkanes) is 1. The molecular formula is C64H97N9O14. The van der Waals surface area contributed by atoms with Gasteiger partial charge in [-0.05, 0) is 97.0 Å². The first-order valence-electron chi connectivity index (χ1n) is 30.7. The second-order valence-corrected chi connectivity index (χ2v) is 21.5. The molecule has 23 nitrogen and oxygen atoms in total. The zero-order valence-electron chi connectivity index (χ0n) is 53.2. The fourth-order valence-electron chi connectivity index (χ4n) is 10.5. The molecule has 0 bridgehead atoms. The number of fused-ring (bicyclic) bond motifs is 3. The number of nitrogens with one attached hydrogen (secondary N) is 6. The minimum absolute atomic E-state index is 0.0553. The van der Waals surface area contributed by atoms with Crippen LogP contribution >= 0.6 is 0 Å². The largest absolute Gasteiger partial charge is 0.507 e. The molecule has 6 unspecified atom stereocenters. The Morgan fingerprint density at radius 3 is 2.18 bits per heavy atom. The molecule has 0 spiro atoms. The minimum atomic E-state index is -0.590. The third-order valence-electron chi connectivity index (χ3n) is 15.3. The molecule has 2 aliphatic heterocycles. The van der Waals surface area contributed by atoms with Crippen LogP contribution in [0.15, 0.2) is 30.3 Å². The van der Waals surface area contributed by atoms with Crippen molar-refractivity contribution in [1.82, 2.24) is 41.8 Å². The van der Waals surface area contributed by atoms with Crippen molar-refractivity contribution in [3.8, 4) is 23.3 Å². The van der Waals surface area contributed by atoms with Gasteiger partial charge in [-0.3, -0.25) is 38.5 Å². The minimum Gasteiger partial charge on any atom is -0.507 e. The van der Waals surface area contributed by atoms with E-state index in [0.29, 0.717) is 87.4 Å². The number of aromatic nitrogens is 1. The van der Waals surface area contributed by atoms with E-state index in [2.05, 4.69) is 54.8 Å². The summed E-state index contributed by atoms with van der Waals surface area (Å²) in [4.78, 5) is 92.2. The van der Waals surface area contributed by atoms with E-state index in [1.165, 1.54) is 13.2 Å². The van der Waals surface area contributed by atoms with Crippen molar-refractivity contribution in [3.05, 3.63) is 80.7 Å². The van der Waals surface area contributed by atoms with Crippen molar-refractivity contribution >= 4 is 41.6 Å². The molecule has 482 valence electrons. The molecule has 2 aromatic carbocycles. The lowest BCUT2D eigenvalue weighted by molar-refractivity contribution is -0.190. The van der Waals surface area contributed by atoms with Crippen LogP contribution in [0.2, 0.25) is 0 Å². The molecule has 9 N–H and O–H groups in total. The van der Waals surface area contributed by atoms with Crippen LogP contribution in [0.3, 0.4) is 0 Å². The number of hydrogen-bond donors (Lipinski definition) is 9. The molecule has 0 saturated carbocycles. The fraction of sp³-hybridized carbons (Fsp3) is 0.609. The number of aliphatic hydroxyl groups excluding tert-OH is 1. The Kier molecular flexibility index (Phi) is 32.6. The van der Waals surface area contributed by atoms with Gasteiger partial charge in [0.1, 0.15) is 35.1 Å². The van der Waals surface area contributed by atoms with Crippen LogP contribution < -0.4 is 36.6 Å². The summed E-state index contributed by atoms with van der Waals surface area (Å²) in [6, 6.07) is 9.59. The number of nitriles is 1. The van der Waals surface area contributed by atoms with Crippen LogP contribution in [0.1, 0.15) is 185 Å². The average molecular weight is 1220 g/mol. The summed E-state index contributed by atoms with van der Waals surface area (Å²) < 4.78 is 21.3. The molecule has 1 aromatic heterocycles. The Bertz CT molecular complexity index is 2790.